The quantitative estimate of drug-likeness (QED) is 0.927. The van der Waals surface area contributed by atoms with Crippen LogP contribution in [0, 0.1) is 0 Å². The average Bonchev–Trinajstić information content (AvgIpc) is 2.54. The molecule has 4 nitrogen and oxygen atoms in total. The molecule has 0 radical (unpaired) electrons. The van der Waals surface area contributed by atoms with Crippen molar-refractivity contribution in [1.29, 1.82) is 0 Å². The summed E-state index contributed by atoms with van der Waals surface area (Å²) in [7, 11) is 1.66. The summed E-state index contributed by atoms with van der Waals surface area (Å²) in [6.45, 7) is 1.69. The first kappa shape index (κ1) is 14.3. The van der Waals surface area contributed by atoms with E-state index in [1.165, 1.54) is 4.90 Å². The van der Waals surface area contributed by atoms with Crippen molar-refractivity contribution in [3.05, 3.63) is 71.3 Å². The highest BCUT2D eigenvalue weighted by Crippen LogP contribution is 2.46. The van der Waals surface area contributed by atoms with Gasteiger partial charge in [-0.3, -0.25) is 9.59 Å². The summed E-state index contributed by atoms with van der Waals surface area (Å²) in [6, 6.07) is 15.7. The fraction of sp³-hybridized carbons (Fsp3) is 0.222. The van der Waals surface area contributed by atoms with Crippen LogP contribution in [0.15, 0.2) is 54.6 Å². The summed E-state index contributed by atoms with van der Waals surface area (Å²) in [5, 5.41) is 9.94. The minimum absolute atomic E-state index is 0.150. The Balaban J connectivity index is 2.30. The zero-order chi connectivity index (χ0) is 15.9. The summed E-state index contributed by atoms with van der Waals surface area (Å²) in [5.74, 6) is -1.09. The van der Waals surface area contributed by atoms with Gasteiger partial charge < -0.3 is 10.0 Å². The fourth-order valence-electron chi connectivity index (χ4n) is 3.39. The Bertz CT molecular complexity index is 741. The molecule has 1 amide bonds. The molecule has 0 saturated heterocycles. The molecule has 0 aromatic heterocycles. The third kappa shape index (κ3) is 1.84. The van der Waals surface area contributed by atoms with Crippen molar-refractivity contribution in [2.24, 2.45) is 0 Å². The number of benzene rings is 2. The molecule has 0 spiro atoms. The molecule has 0 bridgehead atoms. The van der Waals surface area contributed by atoms with Crippen LogP contribution in [0.4, 0.5) is 0 Å². The number of hydrogen-bond acceptors (Lipinski definition) is 2. The molecule has 3 rings (SSSR count). The molecular formula is C18H17NO3. The van der Waals surface area contributed by atoms with Crippen LogP contribution in [-0.4, -0.2) is 28.9 Å². The predicted molar refractivity (Wildman–Crippen MR) is 82.7 cm³/mol. The number of rotatable bonds is 2. The third-order valence-electron chi connectivity index (χ3n) is 4.53. The van der Waals surface area contributed by atoms with Crippen LogP contribution in [0.2, 0.25) is 0 Å². The molecule has 1 N–H and O–H groups in total. The molecule has 1 heterocycles. The summed E-state index contributed by atoms with van der Waals surface area (Å²) >= 11 is 0. The lowest BCUT2D eigenvalue weighted by atomic mass is 9.68. The number of carbonyl (C=O) groups is 2. The maximum absolute atomic E-state index is 12.6. The van der Waals surface area contributed by atoms with E-state index in [9.17, 15) is 14.7 Å². The summed E-state index contributed by atoms with van der Waals surface area (Å²) in [5.41, 5.74) is 0.653. The number of likely N-dealkylation sites (N-methyl/N-ethyl adjacent to an activating group) is 1. The van der Waals surface area contributed by atoms with Crippen LogP contribution in [0.1, 0.15) is 34.5 Å². The van der Waals surface area contributed by atoms with E-state index < -0.39 is 17.4 Å². The monoisotopic (exact) mass is 295 g/mol. The molecule has 0 saturated carbocycles. The highest BCUT2D eigenvalue weighted by atomic mass is 16.4. The zero-order valence-corrected chi connectivity index (χ0v) is 12.5. The lowest BCUT2D eigenvalue weighted by Crippen LogP contribution is -2.52. The second-order valence-electron chi connectivity index (χ2n) is 5.78. The molecule has 2 aromatic carbocycles. The van der Waals surface area contributed by atoms with Crippen LogP contribution >= 0.6 is 0 Å². The van der Waals surface area contributed by atoms with E-state index >= 15 is 0 Å². The molecule has 0 fully saturated rings. The van der Waals surface area contributed by atoms with Crippen LogP contribution in [0.25, 0.3) is 0 Å². The Labute approximate surface area is 129 Å². The van der Waals surface area contributed by atoms with E-state index in [1.54, 1.807) is 38.2 Å². The largest absolute Gasteiger partial charge is 0.481 e. The standard InChI is InChI=1S/C18H17NO3/c1-18(17(21)22)14-11-7-6-10-13(14)16(20)19(2)15(18)12-8-4-3-5-9-12/h3-11,15H,1-2H3,(H,21,22)/t15-,18-/m1/s1. The Kier molecular flexibility index (Phi) is 3.24. The van der Waals surface area contributed by atoms with Gasteiger partial charge in [0.15, 0.2) is 0 Å². The summed E-state index contributed by atoms with van der Waals surface area (Å²) in [6.07, 6.45) is 0. The first-order valence-electron chi connectivity index (χ1n) is 7.13. The van der Waals surface area contributed by atoms with Gasteiger partial charge in [0, 0.05) is 12.6 Å². The molecule has 0 aliphatic carbocycles. The first-order chi connectivity index (χ1) is 10.5. The van der Waals surface area contributed by atoms with Gasteiger partial charge >= 0.3 is 5.97 Å². The first-order valence-corrected chi connectivity index (χ1v) is 7.13. The van der Waals surface area contributed by atoms with Gasteiger partial charge in [-0.15, -0.1) is 0 Å². The number of fused-ring (bicyclic) bond motifs is 1. The van der Waals surface area contributed by atoms with E-state index in [0.29, 0.717) is 11.1 Å². The molecule has 4 heteroatoms. The van der Waals surface area contributed by atoms with Gasteiger partial charge in [-0.1, -0.05) is 48.5 Å². The van der Waals surface area contributed by atoms with Crippen molar-refractivity contribution >= 4 is 11.9 Å². The number of carboxylic acids is 1. The number of nitrogens with zero attached hydrogens (tertiary/aromatic N) is 1. The van der Waals surface area contributed by atoms with Gasteiger partial charge in [0.25, 0.3) is 5.91 Å². The Morgan fingerprint density at radius 2 is 1.68 bits per heavy atom. The number of aliphatic carboxylic acids is 1. The smallest absolute Gasteiger partial charge is 0.316 e. The molecule has 2 atom stereocenters. The highest BCUT2D eigenvalue weighted by Gasteiger charge is 2.52. The minimum atomic E-state index is -1.19. The topological polar surface area (TPSA) is 57.6 Å². The molecule has 112 valence electrons. The van der Waals surface area contributed by atoms with Crippen LogP contribution in [-0.2, 0) is 10.2 Å². The zero-order valence-electron chi connectivity index (χ0n) is 12.5. The third-order valence-corrected chi connectivity index (χ3v) is 4.53. The van der Waals surface area contributed by atoms with Gasteiger partial charge in [0.05, 0.1) is 6.04 Å². The van der Waals surface area contributed by atoms with Crippen molar-refractivity contribution in [3.8, 4) is 0 Å². The van der Waals surface area contributed by atoms with E-state index in [4.69, 9.17) is 0 Å². The SMILES string of the molecule is CN1C(=O)c2ccccc2[C@@](C)(C(=O)O)[C@H]1c1ccccc1. The van der Waals surface area contributed by atoms with Gasteiger partial charge in [-0.2, -0.15) is 0 Å². The highest BCUT2D eigenvalue weighted by molar-refractivity contribution is 6.01. The second-order valence-corrected chi connectivity index (χ2v) is 5.78. The van der Waals surface area contributed by atoms with Crippen molar-refractivity contribution < 1.29 is 14.7 Å². The predicted octanol–water partition coefficient (Wildman–Crippen LogP) is 2.86. The van der Waals surface area contributed by atoms with Crippen LogP contribution in [0.5, 0.6) is 0 Å². The van der Waals surface area contributed by atoms with Crippen molar-refractivity contribution in [3.63, 3.8) is 0 Å². The maximum atomic E-state index is 12.6. The van der Waals surface area contributed by atoms with Crippen LogP contribution < -0.4 is 0 Å². The number of hydrogen-bond donors (Lipinski definition) is 1. The number of carboxylic acid groups (broad SMARTS) is 1. The lowest BCUT2D eigenvalue weighted by molar-refractivity contribution is -0.146. The van der Waals surface area contributed by atoms with Crippen LogP contribution in [0.3, 0.4) is 0 Å². The molecular weight excluding hydrogens is 278 g/mol. The molecule has 0 unspecified atom stereocenters. The van der Waals surface area contributed by atoms with Gasteiger partial charge in [0.1, 0.15) is 5.41 Å². The Hall–Kier alpha value is -2.62. The molecule has 22 heavy (non-hydrogen) atoms. The van der Waals surface area contributed by atoms with Gasteiger partial charge in [-0.25, -0.2) is 0 Å². The fourth-order valence-corrected chi connectivity index (χ4v) is 3.39. The van der Waals surface area contributed by atoms with E-state index in [0.717, 1.165) is 5.56 Å². The molecule has 1 aliphatic rings. The molecule has 2 aromatic rings. The van der Waals surface area contributed by atoms with E-state index in [-0.39, 0.29) is 5.91 Å². The van der Waals surface area contributed by atoms with Crippen molar-refractivity contribution in [2.45, 2.75) is 18.4 Å². The van der Waals surface area contributed by atoms with Crippen molar-refractivity contribution in [1.82, 2.24) is 4.90 Å². The second kappa shape index (κ2) is 4.98. The van der Waals surface area contributed by atoms with E-state index in [1.807, 2.05) is 30.3 Å². The average molecular weight is 295 g/mol. The van der Waals surface area contributed by atoms with E-state index in [2.05, 4.69) is 0 Å². The van der Waals surface area contributed by atoms with Gasteiger partial charge in [-0.05, 0) is 24.1 Å². The number of amides is 1. The summed E-state index contributed by atoms with van der Waals surface area (Å²) < 4.78 is 0. The minimum Gasteiger partial charge on any atom is -0.481 e. The normalized spacial score (nSPS) is 24.0. The van der Waals surface area contributed by atoms with Crippen molar-refractivity contribution in [2.75, 3.05) is 7.05 Å². The Morgan fingerprint density at radius 1 is 1.09 bits per heavy atom. The Morgan fingerprint density at radius 3 is 2.32 bits per heavy atom. The van der Waals surface area contributed by atoms with Gasteiger partial charge in [0.2, 0.25) is 0 Å². The molecule has 1 aliphatic heterocycles. The number of carbonyl (C=O) groups excluding carboxylic acids is 1. The maximum Gasteiger partial charge on any atom is 0.316 e. The summed E-state index contributed by atoms with van der Waals surface area (Å²) in [4.78, 5) is 26.3. The lowest BCUT2D eigenvalue weighted by Gasteiger charge is -2.45.